The molecule has 1 heterocycles. The number of halogens is 4. The normalized spacial score (nSPS) is 10.6. The van der Waals surface area contributed by atoms with Gasteiger partial charge in [0.15, 0.2) is 0 Å². The summed E-state index contributed by atoms with van der Waals surface area (Å²) in [6, 6.07) is 0. The van der Waals surface area contributed by atoms with Crippen molar-refractivity contribution in [3.63, 3.8) is 0 Å². The molecule has 0 atom stereocenters. The van der Waals surface area contributed by atoms with Gasteiger partial charge in [0, 0.05) is 6.20 Å². The molecule has 0 saturated carbocycles. The predicted octanol–water partition coefficient (Wildman–Crippen LogP) is 3.56. The molecule has 0 N–H and O–H groups in total. The van der Waals surface area contributed by atoms with E-state index in [1.807, 2.05) is 22.6 Å². The highest BCUT2D eigenvalue weighted by Gasteiger charge is 2.24. The zero-order valence-electron chi connectivity index (χ0n) is 8.14. The summed E-state index contributed by atoms with van der Waals surface area (Å²) in [4.78, 5) is 15.3. The first-order chi connectivity index (χ1) is 7.49. The van der Waals surface area contributed by atoms with Gasteiger partial charge in [-0.3, -0.25) is 0 Å². The summed E-state index contributed by atoms with van der Waals surface area (Å²) in [5.74, 6) is -0.773. The lowest BCUT2D eigenvalue weighted by molar-refractivity contribution is 0.0513. The number of esters is 1. The first-order valence-corrected chi connectivity index (χ1v) is 6.15. The molecule has 1 aromatic heterocycles. The third-order valence-electron chi connectivity index (χ3n) is 1.72. The Balaban J connectivity index is 3.31. The van der Waals surface area contributed by atoms with Crippen LogP contribution in [0.4, 0.5) is 8.78 Å². The first-order valence-electron chi connectivity index (χ1n) is 4.28. The lowest BCUT2D eigenvalue weighted by Gasteiger charge is -2.10. The Labute approximate surface area is 113 Å². The number of aromatic nitrogens is 1. The molecule has 3 nitrogen and oxygen atoms in total. The number of nitrogens with zero attached hydrogens (tertiary/aromatic N) is 1. The number of hydrogen-bond acceptors (Lipinski definition) is 3. The fourth-order valence-electron chi connectivity index (χ4n) is 1.05. The minimum absolute atomic E-state index is 0.132. The van der Waals surface area contributed by atoms with E-state index in [4.69, 9.17) is 4.74 Å². The maximum absolute atomic E-state index is 12.7. The zero-order chi connectivity index (χ0) is 12.3. The minimum Gasteiger partial charge on any atom is -0.462 e. The number of pyridine rings is 1. The molecule has 0 aromatic carbocycles. The van der Waals surface area contributed by atoms with E-state index >= 15 is 0 Å². The Hall–Kier alpha value is -0.310. The average Bonchev–Trinajstić information content (AvgIpc) is 2.21. The fraction of sp³-hybridized carbons (Fsp3) is 0.333. The van der Waals surface area contributed by atoms with Crippen LogP contribution in [0.3, 0.4) is 0 Å². The third kappa shape index (κ3) is 2.88. The van der Waals surface area contributed by atoms with Gasteiger partial charge < -0.3 is 4.74 Å². The number of carbonyl (C=O) groups excluding carboxylic acids is 1. The van der Waals surface area contributed by atoms with Gasteiger partial charge in [0.1, 0.15) is 3.70 Å². The highest BCUT2D eigenvalue weighted by Crippen LogP contribution is 2.31. The van der Waals surface area contributed by atoms with Gasteiger partial charge in [-0.05, 0) is 45.4 Å². The lowest BCUT2D eigenvalue weighted by atomic mass is 10.1. The van der Waals surface area contributed by atoms with E-state index in [1.165, 1.54) is 0 Å². The van der Waals surface area contributed by atoms with Crippen LogP contribution in [0.1, 0.15) is 29.3 Å². The van der Waals surface area contributed by atoms with Crippen molar-refractivity contribution in [3.05, 3.63) is 25.5 Å². The van der Waals surface area contributed by atoms with Crippen molar-refractivity contribution >= 4 is 44.5 Å². The molecule has 0 saturated heterocycles. The largest absolute Gasteiger partial charge is 0.462 e. The topological polar surface area (TPSA) is 39.2 Å². The molecule has 0 spiro atoms. The Morgan fingerprint density at radius 1 is 1.69 bits per heavy atom. The maximum atomic E-state index is 12.7. The summed E-state index contributed by atoms with van der Waals surface area (Å²) in [6.07, 6.45) is -1.77. The van der Waals surface area contributed by atoms with Gasteiger partial charge in [-0.1, -0.05) is 0 Å². The van der Waals surface area contributed by atoms with Crippen LogP contribution < -0.4 is 0 Å². The van der Waals surface area contributed by atoms with Crippen LogP contribution in [0.25, 0.3) is 0 Å². The fourth-order valence-corrected chi connectivity index (χ4v) is 1.96. The Morgan fingerprint density at radius 2 is 2.31 bits per heavy atom. The summed E-state index contributed by atoms with van der Waals surface area (Å²) in [5.41, 5.74) is -0.581. The van der Waals surface area contributed by atoms with Crippen molar-refractivity contribution in [2.45, 2.75) is 13.3 Å². The van der Waals surface area contributed by atoms with Crippen molar-refractivity contribution < 1.29 is 18.3 Å². The van der Waals surface area contributed by atoms with Gasteiger partial charge >= 0.3 is 5.97 Å². The molecule has 0 aliphatic rings. The molecule has 0 aliphatic heterocycles. The third-order valence-corrected chi connectivity index (χ3v) is 4.05. The van der Waals surface area contributed by atoms with Crippen LogP contribution in [0.15, 0.2) is 10.7 Å². The van der Waals surface area contributed by atoms with E-state index in [2.05, 4.69) is 20.9 Å². The van der Waals surface area contributed by atoms with Gasteiger partial charge in [-0.2, -0.15) is 0 Å². The molecule has 0 fully saturated rings. The second-order valence-corrected chi connectivity index (χ2v) is 4.53. The van der Waals surface area contributed by atoms with Crippen LogP contribution in [-0.4, -0.2) is 17.6 Å². The van der Waals surface area contributed by atoms with Gasteiger partial charge in [0.05, 0.1) is 22.2 Å². The van der Waals surface area contributed by atoms with Gasteiger partial charge in [-0.25, -0.2) is 18.6 Å². The highest BCUT2D eigenvalue weighted by atomic mass is 127. The molecule has 1 aromatic rings. The lowest BCUT2D eigenvalue weighted by Crippen LogP contribution is -2.11. The van der Waals surface area contributed by atoms with E-state index in [-0.39, 0.29) is 16.6 Å². The predicted molar refractivity (Wildman–Crippen MR) is 65.6 cm³/mol. The number of hydrogen-bond donors (Lipinski definition) is 0. The van der Waals surface area contributed by atoms with Crippen LogP contribution in [0, 0.1) is 3.70 Å². The summed E-state index contributed by atoms with van der Waals surface area (Å²) in [7, 11) is 0. The first kappa shape index (κ1) is 13.8. The molecule has 0 radical (unpaired) electrons. The molecular weight excluding hydrogens is 399 g/mol. The number of ether oxygens (including phenoxy) is 1. The standard InChI is InChI=1S/C9H7BrF2INO2/c1-2-16-9(15)5-4(7(11)12)3-14-8(13)6(5)10/h3,7H,2H2,1H3. The molecule has 88 valence electrons. The average molecular weight is 406 g/mol. The second-order valence-electron chi connectivity index (χ2n) is 2.71. The monoisotopic (exact) mass is 405 g/mol. The second kappa shape index (κ2) is 5.85. The van der Waals surface area contributed by atoms with Gasteiger partial charge in [0.2, 0.25) is 0 Å². The summed E-state index contributed by atoms with van der Waals surface area (Å²) in [5, 5.41) is 0. The van der Waals surface area contributed by atoms with Crippen LogP contribution in [-0.2, 0) is 4.74 Å². The SMILES string of the molecule is CCOC(=O)c1c(C(F)F)cnc(I)c1Br. The van der Waals surface area contributed by atoms with Crippen molar-refractivity contribution in [2.24, 2.45) is 0 Å². The molecular formula is C9H7BrF2INO2. The molecule has 0 amide bonds. The number of alkyl halides is 2. The van der Waals surface area contributed by atoms with Gasteiger partial charge in [0.25, 0.3) is 6.43 Å². The molecule has 0 unspecified atom stereocenters. The van der Waals surface area contributed by atoms with E-state index in [9.17, 15) is 13.6 Å². The summed E-state index contributed by atoms with van der Waals surface area (Å²) in [6.45, 7) is 1.74. The zero-order valence-corrected chi connectivity index (χ0v) is 11.9. The van der Waals surface area contributed by atoms with Crippen LogP contribution in [0.5, 0.6) is 0 Å². The van der Waals surface area contributed by atoms with E-state index in [0.29, 0.717) is 3.70 Å². The van der Waals surface area contributed by atoms with Gasteiger partial charge in [-0.15, -0.1) is 0 Å². The summed E-state index contributed by atoms with van der Waals surface area (Å²) < 4.78 is 30.7. The molecule has 16 heavy (non-hydrogen) atoms. The van der Waals surface area contributed by atoms with Crippen molar-refractivity contribution in [3.8, 4) is 0 Å². The van der Waals surface area contributed by atoms with Crippen molar-refractivity contribution in [2.75, 3.05) is 6.61 Å². The Bertz CT molecular complexity index is 415. The molecule has 1 rings (SSSR count). The molecule has 0 aliphatic carbocycles. The molecule has 0 bridgehead atoms. The Morgan fingerprint density at radius 3 is 2.81 bits per heavy atom. The number of rotatable bonds is 3. The van der Waals surface area contributed by atoms with Crippen LogP contribution in [0.2, 0.25) is 0 Å². The van der Waals surface area contributed by atoms with E-state index < -0.39 is 18.0 Å². The Kier molecular flexibility index (Phi) is 5.03. The van der Waals surface area contributed by atoms with Crippen molar-refractivity contribution in [1.82, 2.24) is 4.98 Å². The highest BCUT2D eigenvalue weighted by molar-refractivity contribution is 14.1. The quantitative estimate of drug-likeness (QED) is 0.438. The van der Waals surface area contributed by atoms with Crippen LogP contribution >= 0.6 is 38.5 Å². The summed E-state index contributed by atoms with van der Waals surface area (Å²) >= 11 is 4.91. The molecule has 7 heteroatoms. The van der Waals surface area contributed by atoms with Crippen molar-refractivity contribution in [1.29, 1.82) is 0 Å². The number of carbonyl (C=O) groups is 1. The maximum Gasteiger partial charge on any atom is 0.339 e. The minimum atomic E-state index is -2.76. The smallest absolute Gasteiger partial charge is 0.339 e. The van der Waals surface area contributed by atoms with E-state index in [0.717, 1.165) is 6.20 Å². The van der Waals surface area contributed by atoms with E-state index in [1.54, 1.807) is 6.92 Å².